The molecule has 8 heteroatoms. The van der Waals surface area contributed by atoms with Crippen molar-refractivity contribution in [3.8, 4) is 0 Å². The number of aromatic nitrogens is 1. The van der Waals surface area contributed by atoms with E-state index in [4.69, 9.17) is 0 Å². The maximum Gasteiger partial charge on any atom is 0.243 e. The van der Waals surface area contributed by atoms with E-state index < -0.39 is 21.7 Å². The average molecular weight is 440 g/mol. The van der Waals surface area contributed by atoms with Crippen molar-refractivity contribution in [2.24, 2.45) is 0 Å². The maximum absolute atomic E-state index is 13.1. The van der Waals surface area contributed by atoms with Crippen molar-refractivity contribution >= 4 is 43.4 Å². The molecular weight excluding hydrogens is 417 g/mol. The molecule has 0 atom stereocenters. The third-order valence-corrected chi connectivity index (χ3v) is 7.08. The Kier molecular flexibility index (Phi) is 5.51. The number of sulfonamides is 1. The van der Waals surface area contributed by atoms with Crippen molar-refractivity contribution in [2.45, 2.75) is 18.4 Å². The number of hydrogen-bond acceptors (Lipinski definition) is 3. The highest BCUT2D eigenvalue weighted by molar-refractivity contribution is 7.89. The summed E-state index contributed by atoms with van der Waals surface area (Å²) in [6, 6.07) is 18.2. The normalized spacial score (nSPS) is 12.0. The van der Waals surface area contributed by atoms with Crippen molar-refractivity contribution in [1.82, 2.24) is 8.87 Å². The summed E-state index contributed by atoms with van der Waals surface area (Å²) in [7, 11) is -2.59. The lowest BCUT2D eigenvalue weighted by atomic mass is 10.1. The molecule has 1 amide bonds. The van der Waals surface area contributed by atoms with Gasteiger partial charge in [-0.3, -0.25) is 4.79 Å². The number of hydrogen-bond donors (Lipinski definition) is 1. The number of halogens is 1. The molecule has 0 spiro atoms. The van der Waals surface area contributed by atoms with E-state index in [1.807, 2.05) is 30.3 Å². The van der Waals surface area contributed by atoms with Gasteiger partial charge in [-0.25, -0.2) is 12.8 Å². The lowest BCUT2D eigenvalue weighted by Gasteiger charge is -2.17. The third-order valence-electron chi connectivity index (χ3n) is 5.26. The van der Waals surface area contributed by atoms with Gasteiger partial charge >= 0.3 is 0 Å². The highest BCUT2D eigenvalue weighted by atomic mass is 32.2. The van der Waals surface area contributed by atoms with Crippen LogP contribution in [0.2, 0.25) is 0 Å². The Hall–Kier alpha value is -3.23. The molecule has 160 valence electrons. The molecule has 0 unspecified atom stereocenters. The van der Waals surface area contributed by atoms with Gasteiger partial charge in [0.05, 0.1) is 11.4 Å². The van der Waals surface area contributed by atoms with Gasteiger partial charge in [0, 0.05) is 41.1 Å². The van der Waals surface area contributed by atoms with Gasteiger partial charge in [0.1, 0.15) is 5.82 Å². The fourth-order valence-corrected chi connectivity index (χ4v) is 4.87. The van der Waals surface area contributed by atoms with Crippen molar-refractivity contribution < 1.29 is 17.6 Å². The fraction of sp³-hybridized carbons (Fsp3) is 0.174. The first-order chi connectivity index (χ1) is 14.8. The van der Waals surface area contributed by atoms with E-state index in [2.05, 4.69) is 22.9 Å². The summed E-state index contributed by atoms with van der Waals surface area (Å²) in [6.45, 7) is 2.54. The van der Waals surface area contributed by atoms with Crippen molar-refractivity contribution in [3.63, 3.8) is 0 Å². The summed E-state index contributed by atoms with van der Waals surface area (Å²) in [5, 5.41) is 4.88. The summed E-state index contributed by atoms with van der Waals surface area (Å²) in [5.41, 5.74) is 2.77. The number of carbonyl (C=O) groups excluding carboxylic acids is 1. The van der Waals surface area contributed by atoms with Gasteiger partial charge < -0.3 is 9.88 Å². The topological polar surface area (TPSA) is 71.4 Å². The number of likely N-dealkylation sites (N-methyl/N-ethyl adjacent to an activating group) is 1. The second kappa shape index (κ2) is 8.13. The molecule has 0 bridgehead atoms. The number of aryl methyl sites for hydroxylation is 1. The van der Waals surface area contributed by atoms with Crippen LogP contribution in [0.5, 0.6) is 0 Å². The molecule has 31 heavy (non-hydrogen) atoms. The van der Waals surface area contributed by atoms with Crippen molar-refractivity contribution in [3.05, 3.63) is 72.5 Å². The van der Waals surface area contributed by atoms with Crippen molar-refractivity contribution in [1.29, 1.82) is 0 Å². The van der Waals surface area contributed by atoms with Gasteiger partial charge in [0.2, 0.25) is 15.9 Å². The molecule has 0 aliphatic carbocycles. The van der Waals surface area contributed by atoms with Crippen LogP contribution >= 0.6 is 0 Å². The summed E-state index contributed by atoms with van der Waals surface area (Å²) < 4.78 is 41.5. The van der Waals surface area contributed by atoms with Crippen LogP contribution in [-0.2, 0) is 21.4 Å². The lowest BCUT2D eigenvalue weighted by Crippen LogP contribution is -2.34. The van der Waals surface area contributed by atoms with Gasteiger partial charge in [-0.05, 0) is 55.5 Å². The number of nitrogens with zero attached hydrogens (tertiary/aromatic N) is 2. The molecule has 3 aromatic carbocycles. The first-order valence-corrected chi connectivity index (χ1v) is 11.3. The molecule has 6 nitrogen and oxygen atoms in total. The van der Waals surface area contributed by atoms with E-state index in [0.717, 1.165) is 44.8 Å². The quantitative estimate of drug-likeness (QED) is 0.489. The van der Waals surface area contributed by atoms with Gasteiger partial charge in [-0.2, -0.15) is 4.31 Å². The van der Waals surface area contributed by atoms with Crippen LogP contribution in [0, 0.1) is 5.82 Å². The Balaban J connectivity index is 1.56. The minimum atomic E-state index is -3.90. The zero-order valence-electron chi connectivity index (χ0n) is 17.2. The molecule has 1 heterocycles. The predicted molar refractivity (Wildman–Crippen MR) is 120 cm³/mol. The number of rotatable bonds is 6. The van der Waals surface area contributed by atoms with Crippen molar-refractivity contribution in [2.75, 3.05) is 18.9 Å². The summed E-state index contributed by atoms with van der Waals surface area (Å²) in [4.78, 5) is 12.5. The molecule has 1 aromatic heterocycles. The monoisotopic (exact) mass is 439 g/mol. The molecule has 1 N–H and O–H groups in total. The molecule has 0 aliphatic rings. The Morgan fingerprint density at radius 2 is 1.68 bits per heavy atom. The molecule has 4 rings (SSSR count). The smallest absolute Gasteiger partial charge is 0.243 e. The minimum absolute atomic E-state index is 0.0713. The number of anilines is 1. The Morgan fingerprint density at radius 3 is 2.39 bits per heavy atom. The van der Waals surface area contributed by atoms with E-state index in [-0.39, 0.29) is 11.4 Å². The predicted octanol–water partition coefficient (Wildman–Crippen LogP) is 4.21. The fourth-order valence-electron chi connectivity index (χ4n) is 3.75. The van der Waals surface area contributed by atoms with E-state index >= 15 is 0 Å². The first-order valence-electron chi connectivity index (χ1n) is 9.84. The number of para-hydroxylation sites is 1. The van der Waals surface area contributed by atoms with Gasteiger partial charge in [0.15, 0.2) is 0 Å². The van der Waals surface area contributed by atoms with Crippen LogP contribution in [-0.4, -0.2) is 36.8 Å². The van der Waals surface area contributed by atoms with E-state index in [1.54, 1.807) is 6.07 Å². The Labute approximate surface area is 179 Å². The first kappa shape index (κ1) is 21.0. The highest BCUT2D eigenvalue weighted by Gasteiger charge is 2.23. The number of amides is 1. The Bertz CT molecular complexity index is 1380. The summed E-state index contributed by atoms with van der Waals surface area (Å²) in [5.74, 6) is -0.995. The standard InChI is InChI=1S/C23H22FN3O3S/c1-3-27-21-7-5-4-6-19(21)20-14-17(10-13-22(20)27)25-23(28)15-26(2)31(29,30)18-11-8-16(24)9-12-18/h4-14H,3,15H2,1-2H3,(H,25,28). The van der Waals surface area contributed by atoms with Crippen LogP contribution in [0.25, 0.3) is 21.8 Å². The van der Waals surface area contributed by atoms with Crippen LogP contribution in [0.3, 0.4) is 0 Å². The highest BCUT2D eigenvalue weighted by Crippen LogP contribution is 2.31. The van der Waals surface area contributed by atoms with Crippen LogP contribution < -0.4 is 5.32 Å². The lowest BCUT2D eigenvalue weighted by molar-refractivity contribution is -0.116. The Morgan fingerprint density at radius 1 is 1.00 bits per heavy atom. The summed E-state index contributed by atoms with van der Waals surface area (Å²) >= 11 is 0. The van der Waals surface area contributed by atoms with E-state index in [9.17, 15) is 17.6 Å². The van der Waals surface area contributed by atoms with E-state index in [0.29, 0.717) is 5.69 Å². The molecule has 0 saturated carbocycles. The number of benzene rings is 3. The molecule has 0 saturated heterocycles. The largest absolute Gasteiger partial charge is 0.341 e. The SMILES string of the molecule is CCn1c2ccccc2c2cc(NC(=O)CN(C)S(=O)(=O)c3ccc(F)cc3)ccc21. The van der Waals surface area contributed by atoms with Gasteiger partial charge in [0.25, 0.3) is 0 Å². The zero-order chi connectivity index (χ0) is 22.2. The average Bonchev–Trinajstić information content (AvgIpc) is 3.07. The summed E-state index contributed by atoms with van der Waals surface area (Å²) in [6.07, 6.45) is 0. The molecule has 0 fully saturated rings. The van der Waals surface area contributed by atoms with Crippen LogP contribution in [0.1, 0.15) is 6.92 Å². The zero-order valence-corrected chi connectivity index (χ0v) is 18.0. The van der Waals surface area contributed by atoms with Gasteiger partial charge in [-0.1, -0.05) is 18.2 Å². The number of nitrogens with one attached hydrogen (secondary N) is 1. The van der Waals surface area contributed by atoms with Gasteiger partial charge in [-0.15, -0.1) is 0 Å². The van der Waals surface area contributed by atoms with Crippen LogP contribution in [0.15, 0.2) is 71.6 Å². The molecule has 4 aromatic rings. The minimum Gasteiger partial charge on any atom is -0.341 e. The second-order valence-corrected chi connectivity index (χ2v) is 9.30. The number of fused-ring (bicyclic) bond motifs is 3. The second-order valence-electron chi connectivity index (χ2n) is 7.26. The van der Waals surface area contributed by atoms with E-state index in [1.165, 1.54) is 19.2 Å². The number of carbonyl (C=O) groups is 1. The third kappa shape index (κ3) is 3.92. The van der Waals surface area contributed by atoms with Crippen LogP contribution in [0.4, 0.5) is 10.1 Å². The molecule has 0 aliphatic heterocycles. The molecule has 0 radical (unpaired) electrons. The maximum atomic E-state index is 13.1. The molecular formula is C23H22FN3O3S.